The molecule has 47 heavy (non-hydrogen) atoms. The van der Waals surface area contributed by atoms with Gasteiger partial charge in [0.15, 0.2) is 0 Å². The maximum atomic E-state index is 12.3. The lowest BCUT2D eigenvalue weighted by molar-refractivity contribution is -0.129. The van der Waals surface area contributed by atoms with E-state index in [1.807, 2.05) is 24.3 Å². The Bertz CT molecular complexity index is 1550. The van der Waals surface area contributed by atoms with Crippen molar-refractivity contribution in [3.63, 3.8) is 0 Å². The van der Waals surface area contributed by atoms with Crippen LogP contribution in [0.1, 0.15) is 74.1 Å². The molecule has 0 atom stereocenters. The van der Waals surface area contributed by atoms with Gasteiger partial charge in [0, 0.05) is 31.6 Å². The maximum absolute atomic E-state index is 12.3. The van der Waals surface area contributed by atoms with Crippen LogP contribution < -0.4 is 15.5 Å². The van der Waals surface area contributed by atoms with Crippen LogP contribution in [-0.4, -0.2) is 42.1 Å². The molecular formula is C40H47N3O4. The van der Waals surface area contributed by atoms with E-state index in [0.717, 1.165) is 55.8 Å². The number of hydrogen-bond donors (Lipinski definition) is 3. The fourth-order valence-corrected chi connectivity index (χ4v) is 5.61. The predicted octanol–water partition coefficient (Wildman–Crippen LogP) is 8.35. The zero-order chi connectivity index (χ0) is 33.3. The quantitative estimate of drug-likeness (QED) is 0.0443. The van der Waals surface area contributed by atoms with Gasteiger partial charge in [-0.25, -0.2) is 5.48 Å². The summed E-state index contributed by atoms with van der Waals surface area (Å²) in [5.74, 6) is 0.465. The summed E-state index contributed by atoms with van der Waals surface area (Å²) in [7, 11) is 2.07. The van der Waals surface area contributed by atoms with Crippen molar-refractivity contribution in [1.29, 1.82) is 0 Å². The van der Waals surface area contributed by atoms with E-state index in [4.69, 9.17) is 9.94 Å². The largest absolute Gasteiger partial charge is 0.492 e. The van der Waals surface area contributed by atoms with Gasteiger partial charge in [-0.2, -0.15) is 0 Å². The molecular weight excluding hydrogens is 586 g/mol. The molecule has 0 radical (unpaired) electrons. The van der Waals surface area contributed by atoms with Crippen molar-refractivity contribution in [1.82, 2.24) is 10.4 Å². The van der Waals surface area contributed by atoms with Crippen LogP contribution in [0.4, 0.5) is 5.69 Å². The Morgan fingerprint density at radius 2 is 1.28 bits per heavy atom. The zero-order valence-electron chi connectivity index (χ0n) is 27.6. The minimum absolute atomic E-state index is 0.0116. The number of carbonyl (C=O) groups is 2. The molecule has 4 aromatic carbocycles. The molecule has 0 aliphatic heterocycles. The molecule has 0 heterocycles. The van der Waals surface area contributed by atoms with Gasteiger partial charge < -0.3 is 10.1 Å². The first-order chi connectivity index (χ1) is 23.0. The number of benzene rings is 4. The standard InChI is InChI=1S/C40H47N3O4/c1-3-37(32-14-8-6-9-15-32)40(33-16-10-7-11-17-33)34-22-26-36(27-23-34)47-29-28-43(2)30-31-20-24-35(25-21-31)41-38(44)18-12-4-5-13-19-39(45)42-46/h6-11,14-17,20-27,46H,3-5,12-13,18-19,28-30H2,1-2H3,(H,41,44)(H,42,45)/b40-37+. The van der Waals surface area contributed by atoms with E-state index >= 15 is 0 Å². The number of amides is 2. The highest BCUT2D eigenvalue weighted by Gasteiger charge is 2.13. The Morgan fingerprint density at radius 3 is 1.87 bits per heavy atom. The van der Waals surface area contributed by atoms with Crippen molar-refractivity contribution in [2.45, 2.75) is 58.4 Å². The van der Waals surface area contributed by atoms with Crippen LogP contribution in [0.2, 0.25) is 0 Å². The molecule has 0 saturated carbocycles. The van der Waals surface area contributed by atoms with Crippen LogP contribution >= 0.6 is 0 Å². The van der Waals surface area contributed by atoms with Gasteiger partial charge in [-0.3, -0.25) is 19.7 Å². The molecule has 4 aromatic rings. The van der Waals surface area contributed by atoms with Gasteiger partial charge in [-0.1, -0.05) is 105 Å². The number of allylic oxidation sites excluding steroid dienone is 1. The lowest BCUT2D eigenvalue weighted by Crippen LogP contribution is -2.23. The third kappa shape index (κ3) is 11.5. The Balaban J connectivity index is 1.23. The summed E-state index contributed by atoms with van der Waals surface area (Å²) in [5, 5.41) is 11.5. The van der Waals surface area contributed by atoms with Crippen LogP contribution in [0.25, 0.3) is 11.1 Å². The lowest BCUT2D eigenvalue weighted by atomic mass is 9.88. The van der Waals surface area contributed by atoms with Crippen molar-refractivity contribution >= 4 is 28.6 Å². The molecule has 3 N–H and O–H groups in total. The Morgan fingerprint density at radius 1 is 0.702 bits per heavy atom. The van der Waals surface area contributed by atoms with Gasteiger partial charge in [0.25, 0.3) is 0 Å². The molecule has 246 valence electrons. The number of hydrogen-bond acceptors (Lipinski definition) is 5. The second-order valence-corrected chi connectivity index (χ2v) is 11.7. The number of unbranched alkanes of at least 4 members (excludes halogenated alkanes) is 3. The van der Waals surface area contributed by atoms with Crippen LogP contribution in [-0.2, 0) is 16.1 Å². The number of rotatable bonds is 18. The molecule has 0 bridgehead atoms. The van der Waals surface area contributed by atoms with Crippen molar-refractivity contribution in [2.24, 2.45) is 0 Å². The van der Waals surface area contributed by atoms with Gasteiger partial charge in [0.2, 0.25) is 11.8 Å². The fourth-order valence-electron chi connectivity index (χ4n) is 5.61. The molecule has 2 amide bonds. The average Bonchev–Trinajstić information content (AvgIpc) is 3.10. The van der Waals surface area contributed by atoms with E-state index in [1.54, 1.807) is 5.48 Å². The number of ether oxygens (including phenoxy) is 1. The molecule has 7 heteroatoms. The first-order valence-corrected chi connectivity index (χ1v) is 16.5. The Hall–Kier alpha value is -4.72. The minimum Gasteiger partial charge on any atom is -0.492 e. The number of hydroxylamine groups is 1. The molecule has 0 spiro atoms. The van der Waals surface area contributed by atoms with Crippen molar-refractivity contribution < 1.29 is 19.5 Å². The van der Waals surface area contributed by atoms with Gasteiger partial charge >= 0.3 is 0 Å². The summed E-state index contributed by atoms with van der Waals surface area (Å²) in [6.07, 6.45) is 4.85. The van der Waals surface area contributed by atoms with E-state index in [-0.39, 0.29) is 11.8 Å². The number of likely N-dealkylation sites (N-methyl/N-ethyl adjacent to an activating group) is 1. The topological polar surface area (TPSA) is 90.9 Å². The smallest absolute Gasteiger partial charge is 0.243 e. The molecule has 7 nitrogen and oxygen atoms in total. The highest BCUT2D eigenvalue weighted by molar-refractivity contribution is 5.98. The third-order valence-electron chi connectivity index (χ3n) is 8.10. The van der Waals surface area contributed by atoms with Gasteiger partial charge in [-0.05, 0) is 84.0 Å². The van der Waals surface area contributed by atoms with Gasteiger partial charge in [0.1, 0.15) is 12.4 Å². The van der Waals surface area contributed by atoms with Crippen LogP contribution in [0.15, 0.2) is 109 Å². The second kappa shape index (κ2) is 19.1. The van der Waals surface area contributed by atoms with Gasteiger partial charge in [0.05, 0.1) is 0 Å². The maximum Gasteiger partial charge on any atom is 0.243 e. The Labute approximate surface area is 279 Å². The molecule has 0 aliphatic carbocycles. The number of anilines is 1. The summed E-state index contributed by atoms with van der Waals surface area (Å²) in [6.45, 7) is 4.33. The molecule has 0 aromatic heterocycles. The SMILES string of the molecule is CC/C(=C(/c1ccccc1)c1ccc(OCCN(C)Cc2ccc(NC(=O)CCCCCCC(=O)NO)cc2)cc1)c1ccccc1. The van der Waals surface area contributed by atoms with Gasteiger partial charge in [-0.15, -0.1) is 0 Å². The summed E-state index contributed by atoms with van der Waals surface area (Å²) in [4.78, 5) is 25.5. The highest BCUT2D eigenvalue weighted by Crippen LogP contribution is 2.35. The fraction of sp³-hybridized carbons (Fsp3) is 0.300. The molecule has 0 unspecified atom stereocenters. The molecule has 0 saturated heterocycles. The van der Waals surface area contributed by atoms with Crippen LogP contribution in [0, 0.1) is 0 Å². The van der Waals surface area contributed by atoms with E-state index in [1.165, 1.54) is 27.8 Å². The first kappa shape index (κ1) is 35.1. The summed E-state index contributed by atoms with van der Waals surface area (Å²) >= 11 is 0. The van der Waals surface area contributed by atoms with Crippen molar-refractivity contribution in [3.05, 3.63) is 131 Å². The van der Waals surface area contributed by atoms with Crippen molar-refractivity contribution in [2.75, 3.05) is 25.5 Å². The number of carbonyl (C=O) groups excluding carboxylic acids is 2. The highest BCUT2D eigenvalue weighted by atomic mass is 16.5. The average molecular weight is 634 g/mol. The van der Waals surface area contributed by atoms with E-state index in [0.29, 0.717) is 25.9 Å². The van der Waals surface area contributed by atoms with E-state index in [9.17, 15) is 9.59 Å². The summed E-state index contributed by atoms with van der Waals surface area (Å²) < 4.78 is 6.13. The lowest BCUT2D eigenvalue weighted by Gasteiger charge is -2.18. The number of nitrogens with zero attached hydrogens (tertiary/aromatic N) is 1. The Kier molecular flexibility index (Phi) is 14.2. The third-order valence-corrected chi connectivity index (χ3v) is 8.10. The summed E-state index contributed by atoms with van der Waals surface area (Å²) in [5.41, 5.74) is 9.75. The molecule has 0 aliphatic rings. The van der Waals surface area contributed by atoms with E-state index < -0.39 is 0 Å². The summed E-state index contributed by atoms with van der Waals surface area (Å²) in [6, 6.07) is 37.6. The molecule has 4 rings (SSSR count). The second-order valence-electron chi connectivity index (χ2n) is 11.7. The predicted molar refractivity (Wildman–Crippen MR) is 190 cm³/mol. The van der Waals surface area contributed by atoms with Crippen LogP contribution in [0.3, 0.4) is 0 Å². The zero-order valence-corrected chi connectivity index (χ0v) is 27.6. The van der Waals surface area contributed by atoms with E-state index in [2.05, 4.69) is 109 Å². The van der Waals surface area contributed by atoms with Crippen molar-refractivity contribution in [3.8, 4) is 5.75 Å². The monoisotopic (exact) mass is 633 g/mol. The first-order valence-electron chi connectivity index (χ1n) is 16.5. The normalized spacial score (nSPS) is 11.6. The number of nitrogens with one attached hydrogen (secondary N) is 2. The van der Waals surface area contributed by atoms with Crippen LogP contribution in [0.5, 0.6) is 5.75 Å². The molecule has 0 fully saturated rings. The minimum atomic E-state index is -0.372.